The Labute approximate surface area is 194 Å². The van der Waals surface area contributed by atoms with Gasteiger partial charge in [-0.15, -0.1) is 0 Å². The van der Waals surface area contributed by atoms with E-state index in [0.29, 0.717) is 44.8 Å². The fraction of sp³-hybridized carbons (Fsp3) is 0.609. The van der Waals surface area contributed by atoms with E-state index in [1.165, 1.54) is 11.6 Å². The topological polar surface area (TPSA) is 86.4 Å². The number of nitriles is 1. The van der Waals surface area contributed by atoms with E-state index in [1.54, 1.807) is 0 Å². The van der Waals surface area contributed by atoms with Crippen LogP contribution >= 0.6 is 0 Å². The second-order valence-corrected chi connectivity index (χ2v) is 8.56. The third kappa shape index (κ3) is 6.38. The molecule has 1 heterocycles. The summed E-state index contributed by atoms with van der Waals surface area (Å²) >= 11 is 0. The van der Waals surface area contributed by atoms with Crippen LogP contribution < -0.4 is 9.47 Å². The second kappa shape index (κ2) is 11.5. The molecule has 1 aromatic carbocycles. The van der Waals surface area contributed by atoms with Crippen LogP contribution in [0.3, 0.4) is 0 Å². The number of alkyl halides is 2. The number of ether oxygens (including phenoxy) is 3. The van der Waals surface area contributed by atoms with E-state index in [-0.39, 0.29) is 47.4 Å². The van der Waals surface area contributed by atoms with E-state index >= 15 is 0 Å². The zero-order valence-corrected chi connectivity index (χ0v) is 19.0. The van der Waals surface area contributed by atoms with E-state index in [2.05, 4.69) is 4.98 Å². The molecule has 11 heteroatoms. The zero-order valence-electron chi connectivity index (χ0n) is 19.0. The van der Waals surface area contributed by atoms with Crippen molar-refractivity contribution in [2.24, 2.45) is 13.0 Å². The predicted molar refractivity (Wildman–Crippen MR) is 114 cm³/mol. The summed E-state index contributed by atoms with van der Waals surface area (Å²) in [7, 11) is 1.45. The molecular weight excluding hydrogens is 458 g/mol. The second-order valence-electron chi connectivity index (χ2n) is 8.56. The number of hydrogen-bond acceptors (Lipinski definition) is 6. The average molecular weight is 485 g/mol. The van der Waals surface area contributed by atoms with Gasteiger partial charge >= 0.3 is 0 Å². The fourth-order valence-corrected chi connectivity index (χ4v) is 4.00. The number of hydrogen-bond donors (Lipinski definition) is 0. The number of nitrogens with zero attached hydrogens (tertiary/aromatic N) is 3. The predicted octanol–water partition coefficient (Wildman–Crippen LogP) is 4.71. The number of aryl methyl sites for hydroxylation is 1. The van der Waals surface area contributed by atoms with Crippen LogP contribution in [-0.4, -0.2) is 47.2 Å². The van der Waals surface area contributed by atoms with Crippen LogP contribution in [0.2, 0.25) is 0 Å². The molecule has 1 aromatic heterocycles. The summed E-state index contributed by atoms with van der Waals surface area (Å²) < 4.78 is 71.7. The molecule has 7 nitrogen and oxygen atoms in total. The standard InChI is InChI=1S/C23H27F4N3O4/c1-13(9-14(31)7-8-28)11-32-15-3-5-16(6-4-15)34-23-29-21-17(24)10-18(33-12-19(25)26)20(27)22(21)30(23)2/h10,13,15-16,19H,3-7,9,11-12H2,1-2H3/t13-,15?,16?/m1/s1. The SMILES string of the molecule is C[C@@H](COC1CCC(Oc2nc3c(F)cc(OCC(F)F)c(F)c3n2C)CC1)CC(=O)CC#N. The number of carbonyl (C=O) groups is 1. The molecule has 1 saturated carbocycles. The van der Waals surface area contributed by atoms with Crippen LogP contribution in [0.5, 0.6) is 11.8 Å². The number of fused-ring (bicyclic) bond motifs is 1. The fourth-order valence-electron chi connectivity index (χ4n) is 4.00. The highest BCUT2D eigenvalue weighted by atomic mass is 19.3. The van der Waals surface area contributed by atoms with Crippen molar-refractivity contribution in [3.05, 3.63) is 17.7 Å². The van der Waals surface area contributed by atoms with Gasteiger partial charge in [-0.3, -0.25) is 9.36 Å². The minimum Gasteiger partial charge on any atom is -0.484 e. The number of rotatable bonds is 11. The van der Waals surface area contributed by atoms with Crippen LogP contribution in [0.4, 0.5) is 17.6 Å². The Balaban J connectivity index is 1.57. The molecule has 0 amide bonds. The summed E-state index contributed by atoms with van der Waals surface area (Å²) in [5, 5.41) is 8.56. The van der Waals surface area contributed by atoms with Gasteiger partial charge in [0.2, 0.25) is 0 Å². The molecule has 1 atom stereocenters. The van der Waals surface area contributed by atoms with Gasteiger partial charge in [0.1, 0.15) is 29.5 Å². The number of halogens is 4. The Hall–Kier alpha value is -2.87. The third-order valence-corrected chi connectivity index (χ3v) is 5.69. The first-order valence-corrected chi connectivity index (χ1v) is 11.1. The maximum Gasteiger partial charge on any atom is 0.297 e. The van der Waals surface area contributed by atoms with E-state index < -0.39 is 30.4 Å². The largest absolute Gasteiger partial charge is 0.484 e. The lowest BCUT2D eigenvalue weighted by atomic mass is 9.94. The molecular formula is C23H27F4N3O4. The molecule has 0 unspecified atom stereocenters. The highest BCUT2D eigenvalue weighted by Gasteiger charge is 2.27. The highest BCUT2D eigenvalue weighted by Crippen LogP contribution is 2.33. The third-order valence-electron chi connectivity index (χ3n) is 5.69. The lowest BCUT2D eigenvalue weighted by Gasteiger charge is -2.29. The van der Waals surface area contributed by atoms with Gasteiger partial charge in [-0.25, -0.2) is 17.6 Å². The molecule has 0 saturated heterocycles. The number of Topliss-reactive ketones (excluding diaryl/α,β-unsaturated/α-hetero) is 1. The number of imidazole rings is 1. The van der Waals surface area contributed by atoms with E-state index in [4.69, 9.17) is 19.5 Å². The number of aromatic nitrogens is 2. The zero-order chi connectivity index (χ0) is 24.8. The quantitative estimate of drug-likeness (QED) is 0.429. The van der Waals surface area contributed by atoms with Gasteiger partial charge in [-0.2, -0.15) is 10.2 Å². The lowest BCUT2D eigenvalue weighted by molar-refractivity contribution is -0.119. The average Bonchev–Trinajstić information content (AvgIpc) is 3.11. The molecule has 1 aliphatic rings. The van der Waals surface area contributed by atoms with Gasteiger partial charge in [0.05, 0.1) is 18.6 Å². The van der Waals surface area contributed by atoms with Gasteiger partial charge in [-0.1, -0.05) is 6.92 Å². The summed E-state index contributed by atoms with van der Waals surface area (Å²) in [6.45, 7) is 1.27. The van der Waals surface area contributed by atoms with Crippen LogP contribution in [0.25, 0.3) is 11.0 Å². The van der Waals surface area contributed by atoms with Crippen molar-refractivity contribution in [1.82, 2.24) is 9.55 Å². The maximum absolute atomic E-state index is 14.8. The van der Waals surface area contributed by atoms with E-state index in [1.807, 2.05) is 13.0 Å². The van der Waals surface area contributed by atoms with Crippen molar-refractivity contribution in [3.8, 4) is 17.8 Å². The first kappa shape index (κ1) is 25.7. The molecule has 0 aliphatic heterocycles. The van der Waals surface area contributed by atoms with Crippen LogP contribution in [0, 0.1) is 28.9 Å². The Kier molecular flexibility index (Phi) is 8.72. The first-order valence-electron chi connectivity index (χ1n) is 11.1. The number of ketones is 1. The van der Waals surface area contributed by atoms with Gasteiger partial charge in [0, 0.05) is 26.1 Å². The minimum absolute atomic E-state index is 0.0123. The van der Waals surface area contributed by atoms with Gasteiger partial charge in [-0.05, 0) is 31.6 Å². The Morgan fingerprint density at radius 3 is 2.56 bits per heavy atom. The molecule has 1 fully saturated rings. The monoisotopic (exact) mass is 485 g/mol. The normalized spacial score (nSPS) is 19.2. The Bertz CT molecular complexity index is 1050. The molecule has 0 bridgehead atoms. The van der Waals surface area contributed by atoms with Gasteiger partial charge in [0.15, 0.2) is 17.4 Å². The highest BCUT2D eigenvalue weighted by molar-refractivity contribution is 5.80. The van der Waals surface area contributed by atoms with Crippen molar-refractivity contribution >= 4 is 16.8 Å². The van der Waals surface area contributed by atoms with Crippen LogP contribution in [0.1, 0.15) is 45.4 Å². The summed E-state index contributed by atoms with van der Waals surface area (Å²) in [6.07, 6.45) is -0.120. The summed E-state index contributed by atoms with van der Waals surface area (Å²) in [6, 6.07) is 2.57. The van der Waals surface area contributed by atoms with E-state index in [0.717, 1.165) is 0 Å². The molecule has 0 spiro atoms. The molecule has 34 heavy (non-hydrogen) atoms. The van der Waals surface area contributed by atoms with Crippen molar-refractivity contribution in [1.29, 1.82) is 5.26 Å². The summed E-state index contributed by atoms with van der Waals surface area (Å²) in [5.74, 6) is -2.57. The molecule has 3 rings (SSSR count). The van der Waals surface area contributed by atoms with Crippen molar-refractivity contribution in [2.45, 2.75) is 64.1 Å². The molecule has 1 aliphatic carbocycles. The Morgan fingerprint density at radius 1 is 1.24 bits per heavy atom. The molecule has 2 aromatic rings. The van der Waals surface area contributed by atoms with Crippen LogP contribution in [-0.2, 0) is 16.6 Å². The van der Waals surface area contributed by atoms with Crippen molar-refractivity contribution in [2.75, 3.05) is 13.2 Å². The van der Waals surface area contributed by atoms with E-state index in [9.17, 15) is 22.4 Å². The summed E-state index contributed by atoms with van der Waals surface area (Å²) in [5.41, 5.74) is -0.493. The first-order chi connectivity index (χ1) is 16.2. The smallest absolute Gasteiger partial charge is 0.297 e. The van der Waals surface area contributed by atoms with Crippen molar-refractivity contribution in [3.63, 3.8) is 0 Å². The maximum atomic E-state index is 14.8. The molecule has 186 valence electrons. The minimum atomic E-state index is -2.82. The van der Waals surface area contributed by atoms with Gasteiger partial charge in [0.25, 0.3) is 12.4 Å². The summed E-state index contributed by atoms with van der Waals surface area (Å²) in [4.78, 5) is 15.6. The van der Waals surface area contributed by atoms with Crippen LogP contribution in [0.15, 0.2) is 6.07 Å². The lowest BCUT2D eigenvalue weighted by Crippen LogP contribution is -2.30. The van der Waals surface area contributed by atoms with Gasteiger partial charge < -0.3 is 14.2 Å². The number of benzene rings is 1. The van der Waals surface area contributed by atoms with Crippen molar-refractivity contribution < 1.29 is 36.6 Å². The number of carbonyl (C=O) groups excluding carboxylic acids is 1. The molecule has 0 radical (unpaired) electrons. The Morgan fingerprint density at radius 2 is 1.91 bits per heavy atom. The molecule has 0 N–H and O–H groups in total.